The van der Waals surface area contributed by atoms with Crippen molar-refractivity contribution in [3.8, 4) is 0 Å². The maximum absolute atomic E-state index is 13.5. The topological polar surface area (TPSA) is 78.4 Å². The van der Waals surface area contributed by atoms with Crippen LogP contribution in [0.4, 0.5) is 14.9 Å². The highest BCUT2D eigenvalue weighted by atomic mass is 35.5. The van der Waals surface area contributed by atoms with E-state index in [-0.39, 0.29) is 21.8 Å². The summed E-state index contributed by atoms with van der Waals surface area (Å²) in [5.74, 6) is -2.01. The number of carboxylic acids is 1. The van der Waals surface area contributed by atoms with Crippen molar-refractivity contribution in [2.24, 2.45) is 5.92 Å². The first-order valence-electron chi connectivity index (χ1n) is 5.81. The smallest absolute Gasteiger partial charge is 0.319 e. The summed E-state index contributed by atoms with van der Waals surface area (Å²) in [7, 11) is 0. The Balaban J connectivity index is 1.90. The predicted octanol–water partition coefficient (Wildman–Crippen LogP) is 3.12. The van der Waals surface area contributed by atoms with Gasteiger partial charge in [0.15, 0.2) is 0 Å². The van der Waals surface area contributed by atoms with Crippen LogP contribution in [0.2, 0.25) is 10.0 Å². The Labute approximate surface area is 124 Å². The number of aliphatic carboxylic acids is 1. The van der Waals surface area contributed by atoms with Crippen LogP contribution >= 0.6 is 23.2 Å². The zero-order valence-corrected chi connectivity index (χ0v) is 11.6. The molecule has 1 aromatic rings. The molecule has 0 aliphatic heterocycles. The SMILES string of the molecule is O=C(Nc1cc(Cl)c(Cl)cc1F)NC1CC(C(=O)O)C1. The van der Waals surface area contributed by atoms with Crippen LogP contribution in [0.5, 0.6) is 0 Å². The summed E-state index contributed by atoms with van der Waals surface area (Å²) in [4.78, 5) is 22.2. The highest BCUT2D eigenvalue weighted by molar-refractivity contribution is 6.42. The molecule has 20 heavy (non-hydrogen) atoms. The minimum Gasteiger partial charge on any atom is -0.481 e. The van der Waals surface area contributed by atoms with Gasteiger partial charge in [-0.15, -0.1) is 0 Å². The van der Waals surface area contributed by atoms with Gasteiger partial charge in [-0.3, -0.25) is 4.79 Å². The number of nitrogens with one attached hydrogen (secondary N) is 2. The molecule has 1 fully saturated rings. The van der Waals surface area contributed by atoms with E-state index in [1.54, 1.807) is 0 Å². The fourth-order valence-electron chi connectivity index (χ4n) is 1.90. The number of hydrogen-bond acceptors (Lipinski definition) is 2. The molecule has 0 saturated heterocycles. The first kappa shape index (κ1) is 14.9. The lowest BCUT2D eigenvalue weighted by Crippen LogP contribution is -2.48. The Morgan fingerprint density at radius 3 is 2.45 bits per heavy atom. The molecule has 108 valence electrons. The number of halogens is 3. The number of urea groups is 1. The number of carbonyl (C=O) groups excluding carboxylic acids is 1. The quantitative estimate of drug-likeness (QED) is 0.749. The van der Waals surface area contributed by atoms with Crippen LogP contribution in [0.3, 0.4) is 0 Å². The fraction of sp³-hybridized carbons (Fsp3) is 0.333. The van der Waals surface area contributed by atoms with Gasteiger partial charge in [-0.05, 0) is 25.0 Å². The standard InChI is InChI=1S/C12H11Cl2FN2O3/c13-7-3-9(15)10(4-8(7)14)17-12(20)16-6-1-5(2-6)11(18)19/h3-6H,1-2H2,(H,18,19)(H2,16,17,20). The third kappa shape index (κ3) is 3.32. The number of hydrogen-bond donors (Lipinski definition) is 3. The van der Waals surface area contributed by atoms with Gasteiger partial charge in [0, 0.05) is 6.04 Å². The summed E-state index contributed by atoms with van der Waals surface area (Å²) in [6.45, 7) is 0. The summed E-state index contributed by atoms with van der Waals surface area (Å²) in [6.07, 6.45) is 0.735. The number of anilines is 1. The number of amides is 2. The molecule has 2 rings (SSSR count). The van der Waals surface area contributed by atoms with Crippen LogP contribution in [-0.2, 0) is 4.79 Å². The van der Waals surface area contributed by atoms with E-state index in [1.165, 1.54) is 6.07 Å². The second kappa shape index (κ2) is 5.85. The lowest BCUT2D eigenvalue weighted by atomic mass is 9.80. The van der Waals surface area contributed by atoms with E-state index in [2.05, 4.69) is 10.6 Å². The summed E-state index contributed by atoms with van der Waals surface area (Å²) < 4.78 is 13.5. The van der Waals surface area contributed by atoms with Crippen LogP contribution < -0.4 is 10.6 Å². The van der Waals surface area contributed by atoms with Crippen molar-refractivity contribution >= 4 is 40.9 Å². The van der Waals surface area contributed by atoms with Crippen molar-refractivity contribution in [1.29, 1.82) is 0 Å². The average molecular weight is 321 g/mol. The van der Waals surface area contributed by atoms with Crippen molar-refractivity contribution in [1.82, 2.24) is 5.32 Å². The largest absolute Gasteiger partial charge is 0.481 e. The van der Waals surface area contributed by atoms with Gasteiger partial charge in [-0.25, -0.2) is 9.18 Å². The predicted molar refractivity (Wildman–Crippen MR) is 72.7 cm³/mol. The Morgan fingerprint density at radius 2 is 1.85 bits per heavy atom. The fourth-order valence-corrected chi connectivity index (χ4v) is 2.21. The zero-order chi connectivity index (χ0) is 14.9. The molecule has 8 heteroatoms. The van der Waals surface area contributed by atoms with Gasteiger partial charge in [0.1, 0.15) is 5.82 Å². The average Bonchev–Trinajstić information content (AvgIpc) is 2.29. The monoisotopic (exact) mass is 320 g/mol. The molecule has 0 bridgehead atoms. The van der Waals surface area contributed by atoms with E-state index < -0.39 is 23.7 Å². The second-order valence-electron chi connectivity index (χ2n) is 4.55. The minimum atomic E-state index is -0.876. The third-order valence-electron chi connectivity index (χ3n) is 3.08. The molecule has 1 aliphatic carbocycles. The second-order valence-corrected chi connectivity index (χ2v) is 5.36. The first-order chi connectivity index (χ1) is 9.36. The van der Waals surface area contributed by atoms with Gasteiger partial charge >= 0.3 is 12.0 Å². The van der Waals surface area contributed by atoms with Gasteiger partial charge in [0.25, 0.3) is 0 Å². The molecule has 5 nitrogen and oxygen atoms in total. The summed E-state index contributed by atoms with van der Waals surface area (Å²) in [5, 5.41) is 13.7. The van der Waals surface area contributed by atoms with Gasteiger partial charge in [0.05, 0.1) is 21.7 Å². The lowest BCUT2D eigenvalue weighted by molar-refractivity contribution is -0.145. The van der Waals surface area contributed by atoms with E-state index in [1.807, 2.05) is 0 Å². The summed E-state index contributed by atoms with van der Waals surface area (Å²) >= 11 is 11.4. The maximum Gasteiger partial charge on any atom is 0.319 e. The van der Waals surface area contributed by atoms with Gasteiger partial charge < -0.3 is 15.7 Å². The molecular weight excluding hydrogens is 310 g/mol. The van der Waals surface area contributed by atoms with E-state index in [0.29, 0.717) is 12.8 Å². The minimum absolute atomic E-state index is 0.0541. The molecule has 0 spiro atoms. The molecule has 0 aromatic heterocycles. The van der Waals surface area contributed by atoms with Crippen molar-refractivity contribution < 1.29 is 19.1 Å². The Kier molecular flexibility index (Phi) is 4.35. The van der Waals surface area contributed by atoms with Gasteiger partial charge in [-0.2, -0.15) is 0 Å². The number of carboxylic acid groups (broad SMARTS) is 1. The Hall–Kier alpha value is -1.53. The van der Waals surface area contributed by atoms with Gasteiger partial charge in [0.2, 0.25) is 0 Å². The van der Waals surface area contributed by atoms with Crippen molar-refractivity contribution in [2.45, 2.75) is 18.9 Å². The van der Waals surface area contributed by atoms with Gasteiger partial charge in [-0.1, -0.05) is 23.2 Å². The lowest BCUT2D eigenvalue weighted by Gasteiger charge is -2.32. The van der Waals surface area contributed by atoms with Crippen molar-refractivity contribution in [3.05, 3.63) is 28.0 Å². The van der Waals surface area contributed by atoms with E-state index in [4.69, 9.17) is 28.3 Å². The number of rotatable bonds is 3. The van der Waals surface area contributed by atoms with Crippen LogP contribution in [-0.4, -0.2) is 23.1 Å². The molecule has 0 radical (unpaired) electrons. The molecule has 1 aromatic carbocycles. The van der Waals surface area contributed by atoms with E-state index in [0.717, 1.165) is 6.07 Å². The van der Waals surface area contributed by atoms with Crippen molar-refractivity contribution in [3.63, 3.8) is 0 Å². The Bertz CT molecular complexity index is 562. The van der Waals surface area contributed by atoms with Crippen LogP contribution in [0.15, 0.2) is 12.1 Å². The molecule has 1 aliphatic rings. The van der Waals surface area contributed by atoms with Crippen molar-refractivity contribution in [2.75, 3.05) is 5.32 Å². The molecule has 0 heterocycles. The van der Waals surface area contributed by atoms with Crippen LogP contribution in [0.1, 0.15) is 12.8 Å². The number of benzene rings is 1. The molecule has 0 unspecified atom stereocenters. The maximum atomic E-state index is 13.5. The third-order valence-corrected chi connectivity index (χ3v) is 3.80. The molecule has 2 amide bonds. The normalized spacial score (nSPS) is 20.9. The van der Waals surface area contributed by atoms with E-state index in [9.17, 15) is 14.0 Å². The first-order valence-corrected chi connectivity index (χ1v) is 6.57. The Morgan fingerprint density at radius 1 is 1.25 bits per heavy atom. The highest BCUT2D eigenvalue weighted by Crippen LogP contribution is 2.29. The van der Waals surface area contributed by atoms with Crippen LogP contribution in [0, 0.1) is 11.7 Å². The molecule has 3 N–H and O–H groups in total. The molecule has 1 saturated carbocycles. The highest BCUT2D eigenvalue weighted by Gasteiger charge is 2.35. The zero-order valence-electron chi connectivity index (χ0n) is 10.1. The van der Waals surface area contributed by atoms with E-state index >= 15 is 0 Å². The summed E-state index contributed by atoms with van der Waals surface area (Å²) in [5.41, 5.74) is -0.0917. The van der Waals surface area contributed by atoms with Crippen LogP contribution in [0.25, 0.3) is 0 Å². The summed E-state index contributed by atoms with van der Waals surface area (Å²) in [6, 6.07) is 1.38. The molecular formula is C12H11Cl2FN2O3. The molecule has 0 atom stereocenters. The number of carbonyl (C=O) groups is 2.